The van der Waals surface area contributed by atoms with Crippen molar-refractivity contribution in [2.75, 3.05) is 20.6 Å². The normalized spacial score (nSPS) is 9.07. The van der Waals surface area contributed by atoms with Gasteiger partial charge in [0.2, 0.25) is 5.91 Å². The second-order valence-electron chi connectivity index (χ2n) is 2.77. The maximum atomic E-state index is 11.0. The van der Waals surface area contributed by atoms with E-state index in [-0.39, 0.29) is 18.9 Å². The molecule has 0 rings (SSSR count). The predicted molar refractivity (Wildman–Crippen MR) is 48.7 cm³/mol. The quantitative estimate of drug-likeness (QED) is 0.205. The van der Waals surface area contributed by atoms with E-state index in [2.05, 4.69) is 5.32 Å². The smallest absolute Gasteiger partial charge is 0.323 e. The molecule has 80 valence electrons. The summed E-state index contributed by atoms with van der Waals surface area (Å²) in [6.07, 6.45) is 0.149. The Labute approximate surface area is 81.6 Å². The van der Waals surface area contributed by atoms with E-state index < -0.39 is 11.8 Å². The molecule has 0 aliphatic carbocycles. The largest absolute Gasteiger partial charge is 0.349 e. The van der Waals surface area contributed by atoms with Crippen molar-refractivity contribution in [3.05, 3.63) is 0 Å². The van der Waals surface area contributed by atoms with E-state index in [0.717, 1.165) is 0 Å². The summed E-state index contributed by atoms with van der Waals surface area (Å²) in [4.78, 5) is 33.8. The van der Waals surface area contributed by atoms with Crippen molar-refractivity contribution in [1.29, 1.82) is 0 Å². The van der Waals surface area contributed by atoms with Gasteiger partial charge in [-0.05, 0) is 0 Å². The van der Waals surface area contributed by atoms with Crippen LogP contribution in [-0.2, 0) is 14.4 Å². The standard InChI is InChI=1S/C7H14N4O3/c1-11(2)5(12)3-4-9-6(13)7(14)10-8/h3-4,8H2,1-2H3,(H,9,13)(H,10,14). The SMILES string of the molecule is CN(C)C(=O)CCNC(=O)C(=O)NN. The number of amides is 3. The van der Waals surface area contributed by atoms with Crippen LogP contribution in [0.25, 0.3) is 0 Å². The fourth-order valence-electron chi connectivity index (χ4n) is 0.652. The van der Waals surface area contributed by atoms with Crippen molar-refractivity contribution in [2.24, 2.45) is 5.84 Å². The van der Waals surface area contributed by atoms with Crippen LogP contribution in [0.4, 0.5) is 0 Å². The molecule has 7 nitrogen and oxygen atoms in total. The Kier molecular flexibility index (Phi) is 5.23. The number of hydrogen-bond donors (Lipinski definition) is 3. The summed E-state index contributed by atoms with van der Waals surface area (Å²) in [6, 6.07) is 0. The summed E-state index contributed by atoms with van der Waals surface area (Å²) in [5.74, 6) is 2.81. The minimum absolute atomic E-state index is 0.114. The summed E-state index contributed by atoms with van der Waals surface area (Å²) < 4.78 is 0. The van der Waals surface area contributed by atoms with Gasteiger partial charge < -0.3 is 10.2 Å². The molecule has 0 aromatic heterocycles. The van der Waals surface area contributed by atoms with Crippen molar-refractivity contribution < 1.29 is 14.4 Å². The Hall–Kier alpha value is -1.63. The minimum Gasteiger partial charge on any atom is -0.349 e. The van der Waals surface area contributed by atoms with Crippen LogP contribution in [0.3, 0.4) is 0 Å². The number of hydrogen-bond acceptors (Lipinski definition) is 4. The molecule has 0 unspecified atom stereocenters. The Bertz CT molecular complexity index is 239. The van der Waals surface area contributed by atoms with Crippen molar-refractivity contribution >= 4 is 17.7 Å². The van der Waals surface area contributed by atoms with Crippen LogP contribution in [0.2, 0.25) is 0 Å². The van der Waals surface area contributed by atoms with Crippen LogP contribution in [-0.4, -0.2) is 43.3 Å². The fourth-order valence-corrected chi connectivity index (χ4v) is 0.652. The van der Waals surface area contributed by atoms with E-state index in [4.69, 9.17) is 5.84 Å². The number of nitrogens with two attached hydrogens (primary N) is 1. The predicted octanol–water partition coefficient (Wildman–Crippen LogP) is -2.43. The molecule has 0 atom stereocenters. The number of rotatable bonds is 3. The molecule has 3 amide bonds. The highest BCUT2D eigenvalue weighted by molar-refractivity contribution is 6.34. The molecule has 4 N–H and O–H groups in total. The van der Waals surface area contributed by atoms with Crippen molar-refractivity contribution in [2.45, 2.75) is 6.42 Å². The van der Waals surface area contributed by atoms with E-state index in [0.29, 0.717) is 0 Å². The highest BCUT2D eigenvalue weighted by atomic mass is 16.2. The first-order valence-electron chi connectivity index (χ1n) is 3.98. The molecular weight excluding hydrogens is 188 g/mol. The third-order valence-electron chi connectivity index (χ3n) is 1.46. The lowest BCUT2D eigenvalue weighted by atomic mass is 10.4. The van der Waals surface area contributed by atoms with Gasteiger partial charge in [-0.1, -0.05) is 0 Å². The summed E-state index contributed by atoms with van der Waals surface area (Å²) in [7, 11) is 3.22. The second kappa shape index (κ2) is 5.92. The summed E-state index contributed by atoms with van der Waals surface area (Å²) in [6.45, 7) is 0.114. The molecule has 7 heteroatoms. The van der Waals surface area contributed by atoms with E-state index in [9.17, 15) is 14.4 Å². The zero-order chi connectivity index (χ0) is 11.1. The number of carbonyl (C=O) groups excluding carboxylic acids is 3. The maximum absolute atomic E-state index is 11.0. The van der Waals surface area contributed by atoms with Gasteiger partial charge in [0.25, 0.3) is 0 Å². The van der Waals surface area contributed by atoms with E-state index in [1.165, 1.54) is 4.90 Å². The molecule has 0 heterocycles. The van der Waals surface area contributed by atoms with Crippen molar-refractivity contribution in [3.8, 4) is 0 Å². The first-order chi connectivity index (χ1) is 6.49. The molecule has 0 aliphatic rings. The lowest BCUT2D eigenvalue weighted by Gasteiger charge is -2.09. The van der Waals surface area contributed by atoms with Gasteiger partial charge in [-0.2, -0.15) is 0 Å². The number of carbonyl (C=O) groups is 3. The monoisotopic (exact) mass is 202 g/mol. The van der Waals surface area contributed by atoms with Gasteiger partial charge in [0, 0.05) is 27.1 Å². The molecule has 0 bridgehead atoms. The molecule has 0 aromatic rings. The zero-order valence-electron chi connectivity index (χ0n) is 8.16. The van der Waals surface area contributed by atoms with Crippen molar-refractivity contribution in [3.63, 3.8) is 0 Å². The van der Waals surface area contributed by atoms with Crippen molar-refractivity contribution in [1.82, 2.24) is 15.6 Å². The summed E-state index contributed by atoms with van der Waals surface area (Å²) in [5.41, 5.74) is 1.68. The van der Waals surface area contributed by atoms with Crippen LogP contribution >= 0.6 is 0 Å². The Balaban J connectivity index is 3.70. The lowest BCUT2D eigenvalue weighted by molar-refractivity contribution is -0.139. The van der Waals surface area contributed by atoms with Crippen LogP contribution in [0.15, 0.2) is 0 Å². The molecule has 0 radical (unpaired) electrons. The van der Waals surface area contributed by atoms with Crippen LogP contribution in [0, 0.1) is 0 Å². The molecule has 0 spiro atoms. The van der Waals surface area contributed by atoms with Crippen LogP contribution in [0.5, 0.6) is 0 Å². The summed E-state index contributed by atoms with van der Waals surface area (Å²) >= 11 is 0. The highest BCUT2D eigenvalue weighted by Gasteiger charge is 2.11. The number of nitrogens with one attached hydrogen (secondary N) is 2. The second-order valence-corrected chi connectivity index (χ2v) is 2.77. The van der Waals surface area contributed by atoms with Gasteiger partial charge in [-0.3, -0.25) is 19.8 Å². The molecule has 14 heavy (non-hydrogen) atoms. The van der Waals surface area contributed by atoms with Gasteiger partial charge in [0.1, 0.15) is 0 Å². The topological polar surface area (TPSA) is 105 Å². The zero-order valence-corrected chi connectivity index (χ0v) is 8.16. The maximum Gasteiger partial charge on any atom is 0.323 e. The minimum atomic E-state index is -0.928. The van der Waals surface area contributed by atoms with Gasteiger partial charge in [0.15, 0.2) is 0 Å². The highest BCUT2D eigenvalue weighted by Crippen LogP contribution is 1.84. The number of nitrogens with zero attached hydrogens (tertiary/aromatic N) is 1. The van der Waals surface area contributed by atoms with E-state index in [1.54, 1.807) is 19.5 Å². The molecule has 0 saturated carbocycles. The first kappa shape index (κ1) is 12.4. The Morgan fingerprint density at radius 2 is 1.79 bits per heavy atom. The third kappa shape index (κ3) is 4.41. The Morgan fingerprint density at radius 3 is 2.21 bits per heavy atom. The molecule has 0 aromatic carbocycles. The van der Waals surface area contributed by atoms with E-state index >= 15 is 0 Å². The molecule has 0 saturated heterocycles. The van der Waals surface area contributed by atoms with Gasteiger partial charge in [0.05, 0.1) is 0 Å². The average molecular weight is 202 g/mol. The third-order valence-corrected chi connectivity index (χ3v) is 1.46. The Morgan fingerprint density at radius 1 is 1.21 bits per heavy atom. The van der Waals surface area contributed by atoms with Crippen LogP contribution in [0.1, 0.15) is 6.42 Å². The fraction of sp³-hybridized carbons (Fsp3) is 0.571. The molecular formula is C7H14N4O3. The van der Waals surface area contributed by atoms with Crippen LogP contribution < -0.4 is 16.6 Å². The van der Waals surface area contributed by atoms with Gasteiger partial charge in [-0.15, -0.1) is 0 Å². The molecule has 0 fully saturated rings. The van der Waals surface area contributed by atoms with Gasteiger partial charge >= 0.3 is 11.8 Å². The summed E-state index contributed by atoms with van der Waals surface area (Å²) in [5, 5.41) is 2.24. The number of hydrazine groups is 1. The van der Waals surface area contributed by atoms with Gasteiger partial charge in [-0.25, -0.2) is 5.84 Å². The first-order valence-corrected chi connectivity index (χ1v) is 3.98. The molecule has 0 aliphatic heterocycles. The average Bonchev–Trinajstić information content (AvgIpc) is 2.15. The van der Waals surface area contributed by atoms with E-state index in [1.807, 2.05) is 0 Å². The lowest BCUT2D eigenvalue weighted by Crippen LogP contribution is -2.43.